The number of rotatable bonds is 7. The minimum atomic E-state index is 0.564. The summed E-state index contributed by atoms with van der Waals surface area (Å²) in [5, 5.41) is 8.05. The molecule has 1 atom stereocenters. The standard InChI is InChI=1S/C18H23NOS/c1-2-19-17(12-15-8-10-21-13-15)5-3-14-4-6-18-16(11-14)7-9-20-18/h4,6,8,10-11,13,17,19H,2-3,5,7,9,12H2,1H3. The lowest BCUT2D eigenvalue weighted by Crippen LogP contribution is -2.31. The number of fused-ring (bicyclic) bond motifs is 1. The lowest BCUT2D eigenvalue weighted by Gasteiger charge is -2.17. The van der Waals surface area contributed by atoms with Crippen molar-refractivity contribution >= 4 is 11.3 Å². The zero-order valence-corrected chi connectivity index (χ0v) is 13.4. The number of benzene rings is 1. The molecule has 1 aliphatic rings. The molecular weight excluding hydrogens is 278 g/mol. The summed E-state index contributed by atoms with van der Waals surface area (Å²) >= 11 is 1.79. The van der Waals surface area contributed by atoms with Crippen LogP contribution in [0.2, 0.25) is 0 Å². The van der Waals surface area contributed by atoms with Crippen molar-refractivity contribution in [1.82, 2.24) is 5.32 Å². The molecule has 0 radical (unpaired) electrons. The quantitative estimate of drug-likeness (QED) is 0.839. The van der Waals surface area contributed by atoms with Crippen molar-refractivity contribution in [2.24, 2.45) is 0 Å². The van der Waals surface area contributed by atoms with E-state index in [-0.39, 0.29) is 0 Å². The van der Waals surface area contributed by atoms with Gasteiger partial charge in [-0.2, -0.15) is 11.3 Å². The van der Waals surface area contributed by atoms with Gasteiger partial charge in [0.05, 0.1) is 6.61 Å². The van der Waals surface area contributed by atoms with Crippen molar-refractivity contribution in [2.75, 3.05) is 13.2 Å². The molecule has 1 N–H and O–H groups in total. The highest BCUT2D eigenvalue weighted by Gasteiger charge is 2.13. The van der Waals surface area contributed by atoms with Gasteiger partial charge in [0.15, 0.2) is 0 Å². The zero-order valence-electron chi connectivity index (χ0n) is 12.6. The third kappa shape index (κ3) is 3.86. The Balaban J connectivity index is 1.58. The molecule has 0 saturated heterocycles. The van der Waals surface area contributed by atoms with Gasteiger partial charge in [-0.3, -0.25) is 0 Å². The summed E-state index contributed by atoms with van der Waals surface area (Å²) in [6, 6.07) is 9.49. The van der Waals surface area contributed by atoms with E-state index in [4.69, 9.17) is 4.74 Å². The molecule has 0 amide bonds. The Kier molecular flexibility index (Phi) is 4.94. The SMILES string of the molecule is CCNC(CCc1ccc2c(c1)CCO2)Cc1ccsc1. The molecule has 3 heteroatoms. The maximum atomic E-state index is 5.58. The number of ether oxygens (including phenoxy) is 1. The van der Waals surface area contributed by atoms with Crippen LogP contribution < -0.4 is 10.1 Å². The molecule has 1 aromatic heterocycles. The van der Waals surface area contributed by atoms with Gasteiger partial charge < -0.3 is 10.1 Å². The van der Waals surface area contributed by atoms with E-state index in [1.807, 2.05) is 0 Å². The average Bonchev–Trinajstić information content (AvgIpc) is 3.15. The van der Waals surface area contributed by atoms with Crippen LogP contribution in [-0.4, -0.2) is 19.2 Å². The molecule has 0 spiro atoms. The monoisotopic (exact) mass is 301 g/mol. The Morgan fingerprint density at radius 1 is 1.29 bits per heavy atom. The maximum Gasteiger partial charge on any atom is 0.122 e. The van der Waals surface area contributed by atoms with Gasteiger partial charge in [-0.25, -0.2) is 0 Å². The predicted octanol–water partition coefficient (Wildman–Crippen LogP) is 3.84. The van der Waals surface area contributed by atoms with Gasteiger partial charge in [-0.15, -0.1) is 0 Å². The van der Waals surface area contributed by atoms with Gasteiger partial charge in [0.25, 0.3) is 0 Å². The van der Waals surface area contributed by atoms with E-state index < -0.39 is 0 Å². The van der Waals surface area contributed by atoms with E-state index in [2.05, 4.69) is 47.3 Å². The lowest BCUT2D eigenvalue weighted by molar-refractivity contribution is 0.357. The van der Waals surface area contributed by atoms with E-state index in [0.29, 0.717) is 6.04 Å². The summed E-state index contributed by atoms with van der Waals surface area (Å²) in [4.78, 5) is 0. The van der Waals surface area contributed by atoms with Crippen LogP contribution >= 0.6 is 11.3 Å². The minimum absolute atomic E-state index is 0.564. The van der Waals surface area contributed by atoms with Crippen molar-refractivity contribution in [3.63, 3.8) is 0 Å². The number of hydrogen-bond donors (Lipinski definition) is 1. The van der Waals surface area contributed by atoms with E-state index >= 15 is 0 Å². The van der Waals surface area contributed by atoms with Crippen LogP contribution in [0.15, 0.2) is 35.0 Å². The van der Waals surface area contributed by atoms with E-state index in [1.165, 1.54) is 23.1 Å². The molecule has 1 unspecified atom stereocenters. The number of aryl methyl sites for hydroxylation is 1. The number of nitrogens with one attached hydrogen (secondary N) is 1. The van der Waals surface area contributed by atoms with E-state index in [9.17, 15) is 0 Å². The van der Waals surface area contributed by atoms with Crippen LogP contribution in [0.4, 0.5) is 0 Å². The van der Waals surface area contributed by atoms with Crippen LogP contribution in [0, 0.1) is 0 Å². The topological polar surface area (TPSA) is 21.3 Å². The number of likely N-dealkylation sites (N-methyl/N-ethyl adjacent to an activating group) is 1. The Morgan fingerprint density at radius 3 is 3.05 bits per heavy atom. The van der Waals surface area contributed by atoms with Gasteiger partial charge >= 0.3 is 0 Å². The second kappa shape index (κ2) is 7.10. The summed E-state index contributed by atoms with van der Waals surface area (Å²) in [5.41, 5.74) is 4.27. The number of thiophene rings is 1. The van der Waals surface area contributed by atoms with E-state index in [1.54, 1.807) is 11.3 Å². The second-order valence-electron chi connectivity index (χ2n) is 5.67. The fourth-order valence-corrected chi connectivity index (χ4v) is 3.68. The Labute approximate surface area is 131 Å². The highest BCUT2D eigenvalue weighted by atomic mass is 32.1. The van der Waals surface area contributed by atoms with Crippen molar-refractivity contribution in [3.8, 4) is 5.75 Å². The van der Waals surface area contributed by atoms with Crippen LogP contribution in [0.1, 0.15) is 30.0 Å². The molecular formula is C18H23NOS. The van der Waals surface area contributed by atoms with Crippen molar-refractivity contribution in [2.45, 2.75) is 38.6 Å². The third-order valence-corrected chi connectivity index (χ3v) is 4.82. The van der Waals surface area contributed by atoms with Gasteiger partial charge in [0, 0.05) is 12.5 Å². The zero-order chi connectivity index (χ0) is 14.5. The molecule has 2 aromatic rings. The predicted molar refractivity (Wildman–Crippen MR) is 89.4 cm³/mol. The lowest BCUT2D eigenvalue weighted by atomic mass is 9.99. The first-order chi connectivity index (χ1) is 10.3. The largest absolute Gasteiger partial charge is 0.493 e. The highest BCUT2D eigenvalue weighted by molar-refractivity contribution is 7.07. The fraction of sp³-hybridized carbons (Fsp3) is 0.444. The normalized spacial score (nSPS) is 14.7. The van der Waals surface area contributed by atoms with Gasteiger partial charge in [0.1, 0.15) is 5.75 Å². The van der Waals surface area contributed by atoms with Crippen molar-refractivity contribution < 1.29 is 4.74 Å². The molecule has 2 nitrogen and oxygen atoms in total. The summed E-state index contributed by atoms with van der Waals surface area (Å²) in [7, 11) is 0. The summed E-state index contributed by atoms with van der Waals surface area (Å²) in [6.45, 7) is 4.07. The van der Waals surface area contributed by atoms with Gasteiger partial charge in [-0.1, -0.05) is 19.1 Å². The summed E-state index contributed by atoms with van der Waals surface area (Å²) in [6.07, 6.45) is 4.51. The molecule has 0 fully saturated rings. The molecule has 0 bridgehead atoms. The Bertz CT molecular complexity index is 565. The Hall–Kier alpha value is -1.32. The molecule has 3 rings (SSSR count). The van der Waals surface area contributed by atoms with Gasteiger partial charge in [-0.05, 0) is 65.4 Å². The third-order valence-electron chi connectivity index (χ3n) is 4.09. The fourth-order valence-electron chi connectivity index (χ4n) is 2.99. The van der Waals surface area contributed by atoms with Crippen LogP contribution in [0.5, 0.6) is 5.75 Å². The van der Waals surface area contributed by atoms with Crippen molar-refractivity contribution in [1.29, 1.82) is 0 Å². The van der Waals surface area contributed by atoms with Crippen LogP contribution in [-0.2, 0) is 19.3 Å². The summed E-state index contributed by atoms with van der Waals surface area (Å²) in [5.74, 6) is 1.08. The second-order valence-corrected chi connectivity index (χ2v) is 6.45. The highest BCUT2D eigenvalue weighted by Crippen LogP contribution is 2.26. The average molecular weight is 301 g/mol. The first kappa shape index (κ1) is 14.6. The van der Waals surface area contributed by atoms with E-state index in [0.717, 1.165) is 38.2 Å². The molecule has 112 valence electrons. The molecule has 1 aromatic carbocycles. The van der Waals surface area contributed by atoms with Crippen LogP contribution in [0.25, 0.3) is 0 Å². The van der Waals surface area contributed by atoms with Crippen LogP contribution in [0.3, 0.4) is 0 Å². The molecule has 21 heavy (non-hydrogen) atoms. The smallest absolute Gasteiger partial charge is 0.122 e. The summed E-state index contributed by atoms with van der Waals surface area (Å²) < 4.78 is 5.58. The van der Waals surface area contributed by atoms with Gasteiger partial charge in [0.2, 0.25) is 0 Å². The number of hydrogen-bond acceptors (Lipinski definition) is 3. The maximum absolute atomic E-state index is 5.58. The first-order valence-corrected chi connectivity index (χ1v) is 8.78. The first-order valence-electron chi connectivity index (χ1n) is 7.84. The minimum Gasteiger partial charge on any atom is -0.493 e. The van der Waals surface area contributed by atoms with Crippen molar-refractivity contribution in [3.05, 3.63) is 51.7 Å². The molecule has 2 heterocycles. The molecule has 0 saturated carbocycles. The Morgan fingerprint density at radius 2 is 2.24 bits per heavy atom. The molecule has 1 aliphatic heterocycles. The molecule has 0 aliphatic carbocycles.